The van der Waals surface area contributed by atoms with Gasteiger partial charge in [0.15, 0.2) is 6.19 Å². The lowest BCUT2D eigenvalue weighted by Crippen LogP contribution is -2.22. The van der Waals surface area contributed by atoms with E-state index >= 15 is 0 Å². The molecule has 2 bridgehead atoms. The van der Waals surface area contributed by atoms with E-state index in [1.807, 2.05) is 6.19 Å². The third-order valence-electron chi connectivity index (χ3n) is 3.33. The molecule has 2 heteroatoms. The van der Waals surface area contributed by atoms with E-state index in [0.717, 1.165) is 24.3 Å². The number of hydrogen-bond acceptors (Lipinski definition) is 2. The fourth-order valence-electron chi connectivity index (χ4n) is 2.80. The zero-order chi connectivity index (χ0) is 7.68. The minimum Gasteiger partial charge on any atom is -0.324 e. The molecule has 0 radical (unpaired) electrons. The van der Waals surface area contributed by atoms with Crippen molar-refractivity contribution in [2.24, 2.45) is 17.8 Å². The molecule has 11 heavy (non-hydrogen) atoms. The first-order chi connectivity index (χ1) is 5.40. The molecule has 0 saturated heterocycles. The van der Waals surface area contributed by atoms with Crippen LogP contribution in [0, 0.1) is 29.2 Å². The fraction of sp³-hybridized carbons (Fsp3) is 0.889. The topological polar surface area (TPSA) is 35.8 Å². The Labute approximate surface area is 67.6 Å². The van der Waals surface area contributed by atoms with Crippen molar-refractivity contribution in [1.29, 1.82) is 5.26 Å². The van der Waals surface area contributed by atoms with Crippen molar-refractivity contribution < 1.29 is 0 Å². The second-order valence-corrected chi connectivity index (χ2v) is 3.93. The Kier molecular flexibility index (Phi) is 1.73. The highest BCUT2D eigenvalue weighted by Gasteiger charge is 2.38. The van der Waals surface area contributed by atoms with Gasteiger partial charge in [-0.05, 0) is 37.0 Å². The smallest absolute Gasteiger partial charge is 0.176 e. The Hall–Kier alpha value is -0.710. The van der Waals surface area contributed by atoms with Crippen LogP contribution < -0.4 is 5.32 Å². The molecule has 2 aliphatic rings. The van der Waals surface area contributed by atoms with Crippen LogP contribution in [0.1, 0.15) is 25.7 Å². The zero-order valence-corrected chi connectivity index (χ0v) is 6.71. The molecule has 0 aromatic heterocycles. The Morgan fingerprint density at radius 2 is 2.27 bits per heavy atom. The predicted molar refractivity (Wildman–Crippen MR) is 42.6 cm³/mol. The molecule has 0 amide bonds. The van der Waals surface area contributed by atoms with Crippen molar-refractivity contribution in [3.05, 3.63) is 0 Å². The first-order valence-electron chi connectivity index (χ1n) is 4.52. The number of rotatable bonds is 2. The number of nitrogens with zero attached hydrogens (tertiary/aromatic N) is 1. The summed E-state index contributed by atoms with van der Waals surface area (Å²) in [5, 5.41) is 11.1. The van der Waals surface area contributed by atoms with E-state index in [2.05, 4.69) is 5.32 Å². The van der Waals surface area contributed by atoms with Gasteiger partial charge in [0.2, 0.25) is 0 Å². The third kappa shape index (κ3) is 1.20. The summed E-state index contributed by atoms with van der Waals surface area (Å²) in [6.45, 7) is 0.928. The molecule has 0 aromatic carbocycles. The molecular weight excluding hydrogens is 136 g/mol. The van der Waals surface area contributed by atoms with Gasteiger partial charge in [-0.3, -0.25) is 0 Å². The van der Waals surface area contributed by atoms with Gasteiger partial charge in [0.05, 0.1) is 0 Å². The minimum atomic E-state index is 0.813. The normalized spacial score (nSPS) is 40.5. The number of nitrogens with one attached hydrogen (secondary N) is 1. The third-order valence-corrected chi connectivity index (χ3v) is 3.33. The number of nitriles is 1. The van der Waals surface area contributed by atoms with E-state index in [1.54, 1.807) is 0 Å². The Bertz CT molecular complexity index is 182. The van der Waals surface area contributed by atoms with Crippen LogP contribution in [0.15, 0.2) is 0 Å². The summed E-state index contributed by atoms with van der Waals surface area (Å²) >= 11 is 0. The van der Waals surface area contributed by atoms with Gasteiger partial charge < -0.3 is 5.32 Å². The summed E-state index contributed by atoms with van der Waals surface area (Å²) < 4.78 is 0. The molecule has 0 spiro atoms. The first-order valence-corrected chi connectivity index (χ1v) is 4.52. The number of hydrogen-bond donors (Lipinski definition) is 1. The molecule has 2 aliphatic carbocycles. The molecule has 3 atom stereocenters. The van der Waals surface area contributed by atoms with Gasteiger partial charge in [0, 0.05) is 6.54 Å². The van der Waals surface area contributed by atoms with Crippen molar-refractivity contribution in [2.75, 3.05) is 6.54 Å². The molecule has 0 heterocycles. The summed E-state index contributed by atoms with van der Waals surface area (Å²) in [4.78, 5) is 0. The molecule has 1 N–H and O–H groups in total. The highest BCUT2D eigenvalue weighted by molar-refractivity contribution is 4.91. The zero-order valence-electron chi connectivity index (χ0n) is 6.71. The molecule has 2 saturated carbocycles. The Balaban J connectivity index is 1.84. The Morgan fingerprint density at radius 1 is 1.36 bits per heavy atom. The van der Waals surface area contributed by atoms with E-state index in [-0.39, 0.29) is 0 Å². The highest BCUT2D eigenvalue weighted by Crippen LogP contribution is 2.47. The lowest BCUT2D eigenvalue weighted by molar-refractivity contribution is 0.330. The van der Waals surface area contributed by atoms with Crippen LogP contribution in [-0.4, -0.2) is 6.54 Å². The van der Waals surface area contributed by atoms with Crippen molar-refractivity contribution >= 4 is 0 Å². The fourth-order valence-corrected chi connectivity index (χ4v) is 2.80. The molecule has 0 aliphatic heterocycles. The lowest BCUT2D eigenvalue weighted by Gasteiger charge is -2.20. The van der Waals surface area contributed by atoms with Crippen LogP contribution in [0.5, 0.6) is 0 Å². The molecule has 60 valence electrons. The van der Waals surface area contributed by atoms with Crippen LogP contribution in [0.25, 0.3) is 0 Å². The van der Waals surface area contributed by atoms with Crippen LogP contribution in [0.3, 0.4) is 0 Å². The van der Waals surface area contributed by atoms with Crippen molar-refractivity contribution in [1.82, 2.24) is 5.32 Å². The predicted octanol–water partition coefficient (Wildman–Crippen LogP) is 1.49. The van der Waals surface area contributed by atoms with Gasteiger partial charge in [-0.25, -0.2) is 0 Å². The SMILES string of the molecule is N#CNCC1CC2CCC1C2. The summed E-state index contributed by atoms with van der Waals surface area (Å²) in [5.41, 5.74) is 0. The van der Waals surface area contributed by atoms with E-state index in [9.17, 15) is 0 Å². The van der Waals surface area contributed by atoms with Gasteiger partial charge in [0.25, 0.3) is 0 Å². The monoisotopic (exact) mass is 150 g/mol. The average Bonchev–Trinajstić information content (AvgIpc) is 2.60. The Morgan fingerprint density at radius 3 is 2.82 bits per heavy atom. The summed E-state index contributed by atoms with van der Waals surface area (Å²) in [7, 11) is 0. The second kappa shape index (κ2) is 2.73. The molecule has 2 nitrogen and oxygen atoms in total. The van der Waals surface area contributed by atoms with Crippen molar-refractivity contribution in [3.8, 4) is 6.19 Å². The first kappa shape index (κ1) is 6.97. The van der Waals surface area contributed by atoms with Crippen LogP contribution in [-0.2, 0) is 0 Å². The molecule has 3 unspecified atom stereocenters. The lowest BCUT2D eigenvalue weighted by atomic mass is 9.89. The van der Waals surface area contributed by atoms with Gasteiger partial charge in [0.1, 0.15) is 0 Å². The van der Waals surface area contributed by atoms with Crippen LogP contribution in [0.4, 0.5) is 0 Å². The summed E-state index contributed by atoms with van der Waals surface area (Å²) in [6, 6.07) is 0. The highest BCUT2D eigenvalue weighted by atomic mass is 14.9. The average molecular weight is 150 g/mol. The maximum absolute atomic E-state index is 8.34. The van der Waals surface area contributed by atoms with Gasteiger partial charge in [-0.2, -0.15) is 5.26 Å². The maximum Gasteiger partial charge on any atom is 0.176 e. The summed E-state index contributed by atoms with van der Waals surface area (Å²) in [5.74, 6) is 2.76. The molecule has 0 aromatic rings. The van der Waals surface area contributed by atoms with Gasteiger partial charge in [-0.15, -0.1) is 0 Å². The summed E-state index contributed by atoms with van der Waals surface area (Å²) in [6.07, 6.45) is 7.69. The standard InChI is InChI=1S/C9H14N2/c10-6-11-5-9-4-7-1-2-8(9)3-7/h7-9,11H,1-5H2. The second-order valence-electron chi connectivity index (χ2n) is 3.93. The van der Waals surface area contributed by atoms with Gasteiger partial charge in [-0.1, -0.05) is 6.42 Å². The van der Waals surface area contributed by atoms with E-state index in [4.69, 9.17) is 5.26 Å². The van der Waals surface area contributed by atoms with E-state index in [0.29, 0.717) is 0 Å². The van der Waals surface area contributed by atoms with Crippen molar-refractivity contribution in [2.45, 2.75) is 25.7 Å². The van der Waals surface area contributed by atoms with Crippen molar-refractivity contribution in [3.63, 3.8) is 0 Å². The number of fused-ring (bicyclic) bond motifs is 2. The molecule has 2 fully saturated rings. The van der Waals surface area contributed by atoms with Gasteiger partial charge >= 0.3 is 0 Å². The minimum absolute atomic E-state index is 0.813. The van der Waals surface area contributed by atoms with E-state index < -0.39 is 0 Å². The molecule has 2 rings (SSSR count). The van der Waals surface area contributed by atoms with Crippen LogP contribution in [0.2, 0.25) is 0 Å². The van der Waals surface area contributed by atoms with Crippen LogP contribution >= 0.6 is 0 Å². The maximum atomic E-state index is 8.34. The van der Waals surface area contributed by atoms with E-state index in [1.165, 1.54) is 25.7 Å². The quantitative estimate of drug-likeness (QED) is 0.478. The molecular formula is C9H14N2. The largest absolute Gasteiger partial charge is 0.324 e.